The summed E-state index contributed by atoms with van der Waals surface area (Å²) < 4.78 is 0. The first-order valence-corrected chi connectivity index (χ1v) is 9.63. The van der Waals surface area contributed by atoms with Gasteiger partial charge in [0, 0.05) is 16.2 Å². The fourth-order valence-corrected chi connectivity index (χ4v) is 5.06. The van der Waals surface area contributed by atoms with Gasteiger partial charge in [0.25, 0.3) is 0 Å². The Balaban J connectivity index is 1.87. The van der Waals surface area contributed by atoms with Crippen molar-refractivity contribution in [3.8, 4) is 11.5 Å². The van der Waals surface area contributed by atoms with Crippen molar-refractivity contribution in [3.63, 3.8) is 0 Å². The third kappa shape index (κ3) is 2.33. The van der Waals surface area contributed by atoms with Crippen LogP contribution in [0.5, 0.6) is 11.5 Å². The van der Waals surface area contributed by atoms with Crippen LogP contribution < -0.4 is 0 Å². The van der Waals surface area contributed by atoms with Crippen LogP contribution in [0.4, 0.5) is 0 Å². The lowest BCUT2D eigenvalue weighted by Crippen LogP contribution is -2.24. The van der Waals surface area contributed by atoms with E-state index in [4.69, 9.17) is 0 Å². The molecular formula is C25H22O2. The third-order valence-corrected chi connectivity index (χ3v) is 6.29. The highest BCUT2D eigenvalue weighted by atomic mass is 16.3. The number of phenols is 2. The molecule has 2 heteroatoms. The number of fused-ring (bicyclic) bond motifs is 2. The van der Waals surface area contributed by atoms with E-state index in [0.717, 1.165) is 34.4 Å². The third-order valence-electron chi connectivity index (χ3n) is 6.29. The summed E-state index contributed by atoms with van der Waals surface area (Å²) in [6, 6.07) is 24.1. The molecule has 0 unspecified atom stereocenters. The Morgan fingerprint density at radius 2 is 0.926 bits per heavy atom. The molecule has 0 heterocycles. The zero-order valence-electron chi connectivity index (χ0n) is 15.2. The first-order valence-electron chi connectivity index (χ1n) is 9.63. The van der Waals surface area contributed by atoms with Crippen molar-refractivity contribution >= 4 is 21.5 Å². The van der Waals surface area contributed by atoms with E-state index >= 15 is 0 Å². The molecule has 0 spiro atoms. The standard InChI is InChI=1S/C25H22O2/c26-23-13-11-21(17-7-1-3-9-19(17)23)25(15-5-6-16-25)22-12-14-24(27)20-10-4-2-8-18(20)22/h1-4,7-14,26-27H,5-6,15-16H2. The average Bonchev–Trinajstić information content (AvgIpc) is 3.19. The summed E-state index contributed by atoms with van der Waals surface area (Å²) in [5.74, 6) is 0.663. The Kier molecular flexibility index (Phi) is 3.61. The minimum absolute atomic E-state index is 0.0966. The van der Waals surface area contributed by atoms with Gasteiger partial charge in [0.2, 0.25) is 0 Å². The maximum Gasteiger partial charge on any atom is 0.123 e. The number of benzene rings is 4. The van der Waals surface area contributed by atoms with Gasteiger partial charge in [-0.2, -0.15) is 0 Å². The van der Waals surface area contributed by atoms with Crippen molar-refractivity contribution < 1.29 is 10.2 Å². The molecule has 1 aliphatic rings. The highest BCUT2D eigenvalue weighted by Gasteiger charge is 2.39. The van der Waals surface area contributed by atoms with Crippen LogP contribution in [0, 0.1) is 0 Å². The van der Waals surface area contributed by atoms with Crippen molar-refractivity contribution in [3.05, 3.63) is 83.9 Å². The molecule has 1 aliphatic carbocycles. The molecular weight excluding hydrogens is 332 g/mol. The van der Waals surface area contributed by atoms with E-state index in [2.05, 4.69) is 24.3 Å². The fourth-order valence-electron chi connectivity index (χ4n) is 5.06. The van der Waals surface area contributed by atoms with Crippen LogP contribution in [0.25, 0.3) is 21.5 Å². The van der Waals surface area contributed by atoms with Gasteiger partial charge in [-0.15, -0.1) is 0 Å². The van der Waals surface area contributed by atoms with E-state index in [9.17, 15) is 10.2 Å². The summed E-state index contributed by atoms with van der Waals surface area (Å²) >= 11 is 0. The van der Waals surface area contributed by atoms with Crippen molar-refractivity contribution in [2.45, 2.75) is 31.1 Å². The molecule has 2 nitrogen and oxygen atoms in total. The molecule has 134 valence electrons. The molecule has 4 aromatic carbocycles. The fraction of sp³-hybridized carbons (Fsp3) is 0.200. The normalized spacial score (nSPS) is 16.1. The molecule has 2 N–H and O–H groups in total. The van der Waals surface area contributed by atoms with Crippen LogP contribution in [0.1, 0.15) is 36.8 Å². The predicted molar refractivity (Wildman–Crippen MR) is 110 cm³/mol. The molecule has 1 fully saturated rings. The lowest BCUT2D eigenvalue weighted by Gasteiger charge is -2.33. The van der Waals surface area contributed by atoms with Gasteiger partial charge >= 0.3 is 0 Å². The second kappa shape index (κ2) is 6.02. The number of rotatable bonds is 2. The molecule has 0 radical (unpaired) electrons. The summed E-state index contributed by atoms with van der Waals surface area (Å²) in [5, 5.41) is 24.8. The van der Waals surface area contributed by atoms with E-state index in [1.165, 1.54) is 24.0 Å². The lowest BCUT2D eigenvalue weighted by molar-refractivity contribution is 0.479. The van der Waals surface area contributed by atoms with Crippen molar-refractivity contribution in [1.29, 1.82) is 0 Å². The van der Waals surface area contributed by atoms with Gasteiger partial charge in [0.15, 0.2) is 0 Å². The Bertz CT molecular complexity index is 1070. The Labute approximate surface area is 158 Å². The number of hydrogen-bond donors (Lipinski definition) is 2. The lowest BCUT2D eigenvalue weighted by atomic mass is 9.70. The number of aromatic hydroxyl groups is 2. The summed E-state index contributed by atoms with van der Waals surface area (Å²) in [6.07, 6.45) is 4.53. The second-order valence-electron chi connectivity index (χ2n) is 7.64. The molecule has 4 aromatic rings. The summed E-state index contributed by atoms with van der Waals surface area (Å²) in [4.78, 5) is 0. The van der Waals surface area contributed by atoms with E-state index < -0.39 is 0 Å². The van der Waals surface area contributed by atoms with Crippen LogP contribution in [-0.2, 0) is 5.41 Å². The van der Waals surface area contributed by atoms with Gasteiger partial charge in [-0.05, 0) is 46.9 Å². The van der Waals surface area contributed by atoms with E-state index in [1.807, 2.05) is 48.5 Å². The van der Waals surface area contributed by atoms with Crippen LogP contribution >= 0.6 is 0 Å². The van der Waals surface area contributed by atoms with Gasteiger partial charge in [-0.25, -0.2) is 0 Å². The highest BCUT2D eigenvalue weighted by molar-refractivity contribution is 5.95. The van der Waals surface area contributed by atoms with Gasteiger partial charge in [-0.1, -0.05) is 73.5 Å². The zero-order valence-corrected chi connectivity index (χ0v) is 15.2. The SMILES string of the molecule is Oc1ccc(C2(c3ccc(O)c4ccccc34)CCCC2)c2ccccc12. The molecule has 5 rings (SSSR count). The summed E-state index contributed by atoms with van der Waals surface area (Å²) in [5.41, 5.74) is 2.47. The minimum Gasteiger partial charge on any atom is -0.507 e. The van der Waals surface area contributed by atoms with Gasteiger partial charge in [0.1, 0.15) is 11.5 Å². The van der Waals surface area contributed by atoms with E-state index in [-0.39, 0.29) is 5.41 Å². The maximum absolute atomic E-state index is 10.4. The molecule has 0 amide bonds. The Morgan fingerprint density at radius 3 is 1.37 bits per heavy atom. The monoisotopic (exact) mass is 354 g/mol. The quantitative estimate of drug-likeness (QED) is 0.446. The van der Waals surface area contributed by atoms with Crippen LogP contribution in [0.3, 0.4) is 0 Å². The molecule has 27 heavy (non-hydrogen) atoms. The highest BCUT2D eigenvalue weighted by Crippen LogP contribution is 2.51. The molecule has 0 aromatic heterocycles. The van der Waals surface area contributed by atoms with Crippen molar-refractivity contribution in [2.75, 3.05) is 0 Å². The summed E-state index contributed by atoms with van der Waals surface area (Å²) in [7, 11) is 0. The average molecular weight is 354 g/mol. The van der Waals surface area contributed by atoms with Gasteiger partial charge in [-0.3, -0.25) is 0 Å². The Hall–Kier alpha value is -3.00. The van der Waals surface area contributed by atoms with Gasteiger partial charge in [0.05, 0.1) is 0 Å². The largest absolute Gasteiger partial charge is 0.507 e. The zero-order chi connectivity index (χ0) is 18.4. The topological polar surface area (TPSA) is 40.5 Å². The molecule has 0 saturated heterocycles. The first kappa shape index (κ1) is 16.2. The predicted octanol–water partition coefficient (Wildman–Crippen LogP) is 6.26. The van der Waals surface area contributed by atoms with Crippen LogP contribution in [-0.4, -0.2) is 10.2 Å². The Morgan fingerprint density at radius 1 is 0.519 bits per heavy atom. The van der Waals surface area contributed by atoms with Crippen LogP contribution in [0.2, 0.25) is 0 Å². The first-order chi connectivity index (χ1) is 13.2. The minimum atomic E-state index is -0.0966. The maximum atomic E-state index is 10.4. The van der Waals surface area contributed by atoms with E-state index in [0.29, 0.717) is 11.5 Å². The molecule has 1 saturated carbocycles. The smallest absolute Gasteiger partial charge is 0.123 e. The number of phenolic OH excluding ortho intramolecular Hbond substituents is 2. The molecule has 0 aliphatic heterocycles. The number of hydrogen-bond acceptors (Lipinski definition) is 2. The van der Waals surface area contributed by atoms with Crippen molar-refractivity contribution in [2.24, 2.45) is 0 Å². The van der Waals surface area contributed by atoms with E-state index in [1.54, 1.807) is 0 Å². The van der Waals surface area contributed by atoms with Crippen molar-refractivity contribution in [1.82, 2.24) is 0 Å². The molecule has 0 atom stereocenters. The van der Waals surface area contributed by atoms with Crippen LogP contribution in [0.15, 0.2) is 72.8 Å². The summed E-state index contributed by atoms with van der Waals surface area (Å²) in [6.45, 7) is 0. The second-order valence-corrected chi connectivity index (χ2v) is 7.64. The van der Waals surface area contributed by atoms with Gasteiger partial charge < -0.3 is 10.2 Å². The molecule has 0 bridgehead atoms.